The number of nitrogen functional groups attached to an aromatic ring is 1. The first-order valence-electron chi connectivity index (χ1n) is 6.19. The van der Waals surface area contributed by atoms with Crippen molar-refractivity contribution < 1.29 is 9.53 Å². The van der Waals surface area contributed by atoms with Gasteiger partial charge in [0.2, 0.25) is 0 Å². The van der Waals surface area contributed by atoms with E-state index in [1.807, 2.05) is 7.05 Å². The minimum Gasteiger partial charge on any atom is -0.399 e. The van der Waals surface area contributed by atoms with Crippen molar-refractivity contribution in [2.24, 2.45) is 0 Å². The second kappa shape index (κ2) is 6.23. The molecule has 0 radical (unpaired) electrons. The molecular formula is C13H18ClN3O2. The van der Waals surface area contributed by atoms with Gasteiger partial charge in [0.15, 0.2) is 0 Å². The largest absolute Gasteiger partial charge is 0.399 e. The zero-order valence-corrected chi connectivity index (χ0v) is 11.6. The van der Waals surface area contributed by atoms with Gasteiger partial charge in [-0.25, -0.2) is 0 Å². The van der Waals surface area contributed by atoms with Crippen molar-refractivity contribution in [1.82, 2.24) is 10.2 Å². The Labute approximate surface area is 117 Å². The van der Waals surface area contributed by atoms with Gasteiger partial charge in [-0.1, -0.05) is 11.6 Å². The zero-order chi connectivity index (χ0) is 13.8. The normalized spacial score (nSPS) is 20.2. The molecule has 2 rings (SSSR count). The van der Waals surface area contributed by atoms with Crippen molar-refractivity contribution in [2.45, 2.75) is 6.10 Å². The lowest BCUT2D eigenvalue weighted by Gasteiger charge is -2.30. The predicted octanol–water partition coefficient (Wildman–Crippen LogP) is 0.983. The van der Waals surface area contributed by atoms with Crippen molar-refractivity contribution in [2.75, 3.05) is 39.0 Å². The lowest BCUT2D eigenvalue weighted by molar-refractivity contribution is -0.0175. The van der Waals surface area contributed by atoms with Crippen molar-refractivity contribution >= 4 is 23.2 Å². The lowest BCUT2D eigenvalue weighted by Crippen LogP contribution is -2.45. The number of nitrogens with one attached hydrogen (secondary N) is 1. The van der Waals surface area contributed by atoms with Crippen molar-refractivity contribution in [1.29, 1.82) is 0 Å². The van der Waals surface area contributed by atoms with Gasteiger partial charge in [-0.2, -0.15) is 0 Å². The van der Waals surface area contributed by atoms with Gasteiger partial charge in [-0.15, -0.1) is 0 Å². The monoisotopic (exact) mass is 283 g/mol. The Morgan fingerprint density at radius 1 is 1.58 bits per heavy atom. The lowest BCUT2D eigenvalue weighted by atomic mass is 10.2. The number of nitrogens with two attached hydrogens (primary N) is 1. The number of hydrogen-bond donors (Lipinski definition) is 2. The van der Waals surface area contributed by atoms with Crippen molar-refractivity contribution in [3.05, 3.63) is 28.8 Å². The summed E-state index contributed by atoms with van der Waals surface area (Å²) >= 11 is 5.87. The number of anilines is 1. The maximum absolute atomic E-state index is 12.0. The summed E-state index contributed by atoms with van der Waals surface area (Å²) in [4.78, 5) is 14.2. The quantitative estimate of drug-likeness (QED) is 0.812. The number of rotatable bonds is 3. The molecule has 1 amide bonds. The third-order valence-corrected chi connectivity index (χ3v) is 3.23. The van der Waals surface area contributed by atoms with E-state index < -0.39 is 0 Å². The van der Waals surface area contributed by atoms with Crippen LogP contribution in [0.15, 0.2) is 18.2 Å². The third-order valence-electron chi connectivity index (χ3n) is 3.01. The molecule has 0 aliphatic carbocycles. The predicted molar refractivity (Wildman–Crippen MR) is 75.4 cm³/mol. The van der Waals surface area contributed by atoms with E-state index in [1.54, 1.807) is 18.2 Å². The van der Waals surface area contributed by atoms with Crippen molar-refractivity contribution in [3.8, 4) is 0 Å². The first-order valence-corrected chi connectivity index (χ1v) is 6.57. The Morgan fingerprint density at radius 2 is 2.37 bits per heavy atom. The highest BCUT2D eigenvalue weighted by atomic mass is 35.5. The van der Waals surface area contributed by atoms with Gasteiger partial charge in [0, 0.05) is 35.9 Å². The molecular weight excluding hydrogens is 266 g/mol. The maximum Gasteiger partial charge on any atom is 0.251 e. The molecule has 0 aromatic heterocycles. The molecule has 5 nitrogen and oxygen atoms in total. The Hall–Kier alpha value is -1.30. The molecule has 1 aliphatic rings. The van der Waals surface area contributed by atoms with Crippen LogP contribution in [0.2, 0.25) is 5.02 Å². The van der Waals surface area contributed by atoms with Gasteiger partial charge >= 0.3 is 0 Å². The van der Waals surface area contributed by atoms with Gasteiger partial charge in [0.25, 0.3) is 5.91 Å². The number of carbonyl (C=O) groups excluding carboxylic acids is 1. The van der Waals surface area contributed by atoms with Gasteiger partial charge in [-0.3, -0.25) is 4.79 Å². The van der Waals surface area contributed by atoms with Gasteiger partial charge < -0.3 is 20.7 Å². The minimum atomic E-state index is -0.189. The second-order valence-corrected chi connectivity index (χ2v) is 5.17. The van der Waals surface area contributed by atoms with E-state index in [-0.39, 0.29) is 12.0 Å². The fraction of sp³-hybridized carbons (Fsp3) is 0.462. The number of likely N-dealkylation sites (N-methyl/N-ethyl adjacent to an activating group) is 1. The van der Waals surface area contributed by atoms with Crippen LogP contribution in [0.4, 0.5) is 5.69 Å². The molecule has 0 saturated carbocycles. The van der Waals surface area contributed by atoms with E-state index in [0.717, 1.165) is 13.1 Å². The molecule has 6 heteroatoms. The average Bonchev–Trinajstić information content (AvgIpc) is 2.35. The smallest absolute Gasteiger partial charge is 0.251 e. The molecule has 3 N–H and O–H groups in total. The Kier molecular flexibility index (Phi) is 4.63. The highest BCUT2D eigenvalue weighted by molar-refractivity contribution is 6.31. The molecule has 1 aliphatic heterocycles. The summed E-state index contributed by atoms with van der Waals surface area (Å²) in [7, 11) is 2.04. The van der Waals surface area contributed by atoms with E-state index in [0.29, 0.717) is 29.4 Å². The molecule has 0 spiro atoms. The second-order valence-electron chi connectivity index (χ2n) is 4.74. The molecule has 1 atom stereocenters. The molecule has 104 valence electrons. The van der Waals surface area contributed by atoms with E-state index >= 15 is 0 Å². The molecule has 0 bridgehead atoms. The number of benzene rings is 1. The summed E-state index contributed by atoms with van der Waals surface area (Å²) in [5.41, 5.74) is 6.60. The van der Waals surface area contributed by atoms with Crippen LogP contribution in [0, 0.1) is 0 Å². The molecule has 1 saturated heterocycles. The summed E-state index contributed by atoms with van der Waals surface area (Å²) in [6, 6.07) is 4.81. The average molecular weight is 284 g/mol. The van der Waals surface area contributed by atoms with Crippen LogP contribution in [0.1, 0.15) is 10.4 Å². The zero-order valence-electron chi connectivity index (χ0n) is 10.9. The Bertz CT molecular complexity index is 447. The summed E-state index contributed by atoms with van der Waals surface area (Å²) < 4.78 is 5.57. The first-order chi connectivity index (χ1) is 9.04. The highest BCUT2D eigenvalue weighted by Crippen LogP contribution is 2.16. The first kappa shape index (κ1) is 14.1. The van der Waals surface area contributed by atoms with Crippen molar-refractivity contribution in [3.63, 3.8) is 0 Å². The van der Waals surface area contributed by atoms with Crippen LogP contribution >= 0.6 is 11.6 Å². The third kappa shape index (κ3) is 4.09. The number of amides is 1. The topological polar surface area (TPSA) is 67.6 Å². The van der Waals surface area contributed by atoms with Crippen LogP contribution in [0.25, 0.3) is 0 Å². The minimum absolute atomic E-state index is 0.0271. The molecule has 1 aromatic carbocycles. The van der Waals surface area contributed by atoms with Gasteiger partial charge in [0.1, 0.15) is 0 Å². The number of morpholine rings is 1. The van der Waals surface area contributed by atoms with Crippen LogP contribution in [0.3, 0.4) is 0 Å². The standard InChI is InChI=1S/C13H18ClN3O2/c1-17-2-3-19-12(8-17)7-16-13(18)9-4-10(14)6-11(15)5-9/h4-6,12H,2-3,7-8,15H2,1H3,(H,16,18). The number of hydrogen-bond acceptors (Lipinski definition) is 4. The summed E-state index contributed by atoms with van der Waals surface area (Å²) in [6.45, 7) is 2.92. The number of halogens is 1. The fourth-order valence-corrected chi connectivity index (χ4v) is 2.29. The van der Waals surface area contributed by atoms with E-state index in [9.17, 15) is 4.79 Å². The van der Waals surface area contributed by atoms with Crippen LogP contribution in [-0.2, 0) is 4.74 Å². The molecule has 1 unspecified atom stereocenters. The highest BCUT2D eigenvalue weighted by Gasteiger charge is 2.18. The molecule has 1 heterocycles. The van der Waals surface area contributed by atoms with Crippen LogP contribution in [-0.4, -0.2) is 50.2 Å². The Balaban J connectivity index is 1.90. The van der Waals surface area contributed by atoms with Crippen LogP contribution in [0.5, 0.6) is 0 Å². The number of carbonyl (C=O) groups is 1. The van der Waals surface area contributed by atoms with E-state index in [2.05, 4.69) is 10.2 Å². The summed E-state index contributed by atoms with van der Waals surface area (Å²) in [5.74, 6) is -0.189. The molecule has 1 fully saturated rings. The van der Waals surface area contributed by atoms with Crippen LogP contribution < -0.4 is 11.1 Å². The fourth-order valence-electron chi connectivity index (χ4n) is 2.04. The van der Waals surface area contributed by atoms with Gasteiger partial charge in [-0.05, 0) is 25.2 Å². The number of ether oxygens (including phenoxy) is 1. The summed E-state index contributed by atoms with van der Waals surface area (Å²) in [5, 5.41) is 3.30. The van der Waals surface area contributed by atoms with Gasteiger partial charge in [0.05, 0.1) is 12.7 Å². The molecule has 1 aromatic rings. The Morgan fingerprint density at radius 3 is 3.05 bits per heavy atom. The molecule has 19 heavy (non-hydrogen) atoms. The SMILES string of the molecule is CN1CCOC(CNC(=O)c2cc(N)cc(Cl)c2)C1. The number of nitrogens with zero attached hydrogens (tertiary/aromatic N) is 1. The van der Waals surface area contributed by atoms with E-state index in [4.69, 9.17) is 22.1 Å². The van der Waals surface area contributed by atoms with E-state index in [1.165, 1.54) is 0 Å². The maximum atomic E-state index is 12.0. The summed E-state index contributed by atoms with van der Waals surface area (Å²) in [6.07, 6.45) is 0.0271.